The maximum atomic E-state index is 11.9. The van der Waals surface area contributed by atoms with E-state index in [0.29, 0.717) is 40.6 Å². The molecule has 0 aliphatic heterocycles. The summed E-state index contributed by atoms with van der Waals surface area (Å²) >= 11 is 0. The molecule has 0 amide bonds. The average molecular weight is 772 g/mol. The third-order valence-electron chi connectivity index (χ3n) is 11.0. The molecule has 0 aliphatic rings. The molecular weight excluding hydrogens is 670 g/mol. The summed E-state index contributed by atoms with van der Waals surface area (Å²) in [6, 6.07) is 0. The maximum absolute atomic E-state index is 11.9. The first-order valence-electron chi connectivity index (χ1n) is 23.4. The SMILES string of the molecule is CC(CO[P+](=O)CC(C)CC(C)(C)C)CC(C)(C)C.CCCCCCCCCCCCC(CCCCCC)C(P)(CCCCCC)CCCCCC. The second-order valence-corrected chi connectivity index (χ2v) is 22.4. The molecule has 2 nitrogen and oxygen atoms in total. The Morgan fingerprint density at radius 2 is 0.827 bits per heavy atom. The van der Waals surface area contributed by atoms with Crippen molar-refractivity contribution in [2.24, 2.45) is 28.6 Å². The highest BCUT2D eigenvalue weighted by atomic mass is 31.1. The van der Waals surface area contributed by atoms with E-state index >= 15 is 0 Å². The first-order valence-corrected chi connectivity index (χ1v) is 25.3. The predicted molar refractivity (Wildman–Crippen MR) is 244 cm³/mol. The van der Waals surface area contributed by atoms with E-state index in [1.165, 1.54) is 167 Å². The van der Waals surface area contributed by atoms with Crippen LogP contribution in [0.25, 0.3) is 0 Å². The largest absolute Gasteiger partial charge is 0.508 e. The molecule has 4 heteroatoms. The van der Waals surface area contributed by atoms with Crippen LogP contribution in [0, 0.1) is 28.6 Å². The lowest BCUT2D eigenvalue weighted by Gasteiger charge is -2.39. The van der Waals surface area contributed by atoms with Gasteiger partial charge in [0.05, 0.1) is 0 Å². The van der Waals surface area contributed by atoms with Crippen molar-refractivity contribution in [3.8, 4) is 0 Å². The standard InChI is InChI=1S/C32H67P.C16H34O2P/c1-5-9-13-17-18-19-20-21-22-24-28-31(27-23-14-10-6-2)32(33,29-25-15-11-7-3)30-26-16-12-8-4;1-13(9-15(3,4)5)11-18-19(17)12-14(2)10-16(6,7)8/h31H,5-30,33H2,1-4H3;13-14H,9-12H2,1-8H3/q;+1. The second kappa shape index (κ2) is 34.7. The van der Waals surface area contributed by atoms with Crippen molar-refractivity contribution in [3.63, 3.8) is 0 Å². The molecule has 0 rings (SSSR count). The second-order valence-electron chi connectivity index (χ2n) is 19.9. The quantitative estimate of drug-likeness (QED) is 0.0481. The fourth-order valence-corrected chi connectivity index (χ4v) is 10.3. The normalized spacial score (nSPS) is 14.5. The van der Waals surface area contributed by atoms with Crippen molar-refractivity contribution in [2.75, 3.05) is 12.8 Å². The molecule has 0 aromatic rings. The zero-order chi connectivity index (χ0) is 39.7. The van der Waals surface area contributed by atoms with E-state index < -0.39 is 8.03 Å². The van der Waals surface area contributed by atoms with Gasteiger partial charge in [0.25, 0.3) is 0 Å². The molecule has 0 aromatic carbocycles. The molecule has 0 saturated heterocycles. The van der Waals surface area contributed by atoms with Gasteiger partial charge < -0.3 is 0 Å². The molecule has 0 fully saturated rings. The molecule has 0 radical (unpaired) electrons. The van der Waals surface area contributed by atoms with Gasteiger partial charge in [0.1, 0.15) is 6.61 Å². The number of hydrogen-bond donors (Lipinski definition) is 0. The topological polar surface area (TPSA) is 26.3 Å². The Labute approximate surface area is 334 Å². The molecule has 0 aromatic heterocycles. The van der Waals surface area contributed by atoms with Crippen molar-refractivity contribution in [2.45, 2.75) is 268 Å². The molecule has 314 valence electrons. The predicted octanol–water partition coefficient (Wildman–Crippen LogP) is 18.3. The van der Waals surface area contributed by atoms with E-state index in [1.807, 2.05) is 0 Å². The Hall–Kier alpha value is 0.490. The molecule has 0 bridgehead atoms. The van der Waals surface area contributed by atoms with Crippen molar-refractivity contribution in [1.82, 2.24) is 0 Å². The van der Waals surface area contributed by atoms with Crippen LogP contribution in [0.1, 0.15) is 263 Å². The van der Waals surface area contributed by atoms with Crippen LogP contribution in [0.5, 0.6) is 0 Å². The van der Waals surface area contributed by atoms with E-state index in [0.717, 1.165) is 18.8 Å². The van der Waals surface area contributed by atoms with Crippen molar-refractivity contribution < 1.29 is 9.09 Å². The van der Waals surface area contributed by atoms with Gasteiger partial charge in [0, 0.05) is 5.92 Å². The fraction of sp³-hybridized carbons (Fsp3) is 1.00. The Morgan fingerprint density at radius 1 is 0.500 bits per heavy atom. The van der Waals surface area contributed by atoms with E-state index in [1.54, 1.807) is 0 Å². The summed E-state index contributed by atoms with van der Waals surface area (Å²) in [5.41, 5.74) is 0.614. The zero-order valence-corrected chi connectivity index (χ0v) is 40.3. The lowest BCUT2D eigenvalue weighted by molar-refractivity contribution is 0.213. The Bertz CT molecular complexity index is 755. The molecule has 0 N–H and O–H groups in total. The molecule has 5 atom stereocenters. The molecule has 0 heterocycles. The first-order chi connectivity index (χ1) is 24.5. The van der Waals surface area contributed by atoms with Gasteiger partial charge in [-0.1, -0.05) is 224 Å². The van der Waals surface area contributed by atoms with Crippen LogP contribution in [0.3, 0.4) is 0 Å². The van der Waals surface area contributed by atoms with Gasteiger partial charge in [-0.15, -0.1) is 13.8 Å². The van der Waals surface area contributed by atoms with E-state index in [4.69, 9.17) is 4.52 Å². The summed E-state index contributed by atoms with van der Waals surface area (Å²) in [6.07, 6.45) is 40.5. The van der Waals surface area contributed by atoms with Gasteiger partial charge in [-0.2, -0.15) is 0 Å². The van der Waals surface area contributed by atoms with Gasteiger partial charge >= 0.3 is 8.03 Å². The molecule has 0 aliphatic carbocycles. The molecule has 5 unspecified atom stereocenters. The summed E-state index contributed by atoms with van der Waals surface area (Å²) in [4.78, 5) is 0. The van der Waals surface area contributed by atoms with Crippen LogP contribution in [-0.2, 0) is 9.09 Å². The van der Waals surface area contributed by atoms with E-state index in [9.17, 15) is 4.57 Å². The van der Waals surface area contributed by atoms with Gasteiger partial charge in [-0.25, -0.2) is 0 Å². The van der Waals surface area contributed by atoms with E-state index in [-0.39, 0.29) is 0 Å². The summed E-state index contributed by atoms with van der Waals surface area (Å²) in [5.74, 6) is 1.87. The lowest BCUT2D eigenvalue weighted by atomic mass is 9.77. The van der Waals surface area contributed by atoms with Crippen LogP contribution in [0.2, 0.25) is 0 Å². The Morgan fingerprint density at radius 3 is 1.21 bits per heavy atom. The van der Waals surface area contributed by atoms with Crippen molar-refractivity contribution in [3.05, 3.63) is 0 Å². The Balaban J connectivity index is 0. The minimum absolute atomic E-state index is 0.301. The highest BCUT2D eigenvalue weighted by molar-refractivity contribution is 7.39. The fourth-order valence-electron chi connectivity index (χ4n) is 8.44. The third kappa shape index (κ3) is 37.4. The molecule has 52 heavy (non-hydrogen) atoms. The Kier molecular flexibility index (Phi) is 36.4. The number of unbranched alkanes of at least 4 members (excludes halogenated alkanes) is 18. The third-order valence-corrected chi connectivity index (χ3v) is 13.4. The monoisotopic (exact) mass is 772 g/mol. The van der Waals surface area contributed by atoms with Crippen molar-refractivity contribution >= 4 is 17.3 Å². The number of rotatable bonds is 34. The number of hydrogen-bond acceptors (Lipinski definition) is 2. The van der Waals surface area contributed by atoms with Gasteiger partial charge in [-0.3, -0.25) is 0 Å². The van der Waals surface area contributed by atoms with E-state index in [2.05, 4.69) is 92.3 Å². The van der Waals surface area contributed by atoms with Gasteiger partial charge in [-0.05, 0) is 70.9 Å². The summed E-state index contributed by atoms with van der Waals surface area (Å²) < 4.78 is 17.5. The molecule has 0 spiro atoms. The summed E-state index contributed by atoms with van der Waals surface area (Å²) in [6.45, 7) is 27.7. The lowest BCUT2D eigenvalue weighted by Crippen LogP contribution is -2.32. The summed E-state index contributed by atoms with van der Waals surface area (Å²) in [7, 11) is 1.99. The highest BCUT2D eigenvalue weighted by Crippen LogP contribution is 2.44. The van der Waals surface area contributed by atoms with Gasteiger partial charge in [0.2, 0.25) is 0 Å². The zero-order valence-electron chi connectivity index (χ0n) is 38.3. The average Bonchev–Trinajstić information content (AvgIpc) is 3.04. The van der Waals surface area contributed by atoms with Crippen LogP contribution in [0.15, 0.2) is 0 Å². The van der Waals surface area contributed by atoms with Crippen LogP contribution < -0.4 is 0 Å². The smallest absolute Gasteiger partial charge is 0.146 e. The summed E-state index contributed by atoms with van der Waals surface area (Å²) in [5, 5.41) is 0.521. The minimum Gasteiger partial charge on any atom is -0.146 e. The first kappa shape index (κ1) is 54.6. The van der Waals surface area contributed by atoms with Gasteiger partial charge in [0.15, 0.2) is 6.16 Å². The van der Waals surface area contributed by atoms with Crippen LogP contribution >= 0.6 is 17.3 Å². The minimum atomic E-state index is -1.50. The molecular formula is C48H101O2P2+. The van der Waals surface area contributed by atoms with Crippen molar-refractivity contribution in [1.29, 1.82) is 0 Å². The maximum Gasteiger partial charge on any atom is 0.508 e. The van der Waals surface area contributed by atoms with Crippen LogP contribution in [-0.4, -0.2) is 17.9 Å². The van der Waals surface area contributed by atoms with Crippen LogP contribution in [0.4, 0.5) is 0 Å². The highest BCUT2D eigenvalue weighted by Gasteiger charge is 2.33. The molecule has 0 saturated carbocycles.